The number of alkyl halides is 1. The van der Waals surface area contributed by atoms with Crippen molar-refractivity contribution in [3.05, 3.63) is 34.9 Å². The Morgan fingerprint density at radius 3 is 2.39 bits per heavy atom. The molecule has 0 amide bonds. The van der Waals surface area contributed by atoms with Gasteiger partial charge in [-0.2, -0.15) is 5.26 Å². The predicted octanol–water partition coefficient (Wildman–Crippen LogP) is 1.70. The van der Waals surface area contributed by atoms with Gasteiger partial charge in [-0.1, -0.05) is 34.1 Å². The molecule has 0 fully saturated rings. The number of aliphatic hydroxyl groups is 1. The number of nitrogens with zero attached hydrogens (tertiary/aromatic N) is 1. The lowest BCUT2D eigenvalue weighted by Crippen LogP contribution is -2.14. The molecule has 0 bridgehead atoms. The summed E-state index contributed by atoms with van der Waals surface area (Å²) in [5.74, 6) is -1.66. The van der Waals surface area contributed by atoms with Gasteiger partial charge in [-0.25, -0.2) is 4.79 Å². The number of Topliss-reactive ketones (excluding diaryl/α,β-unsaturated/α-hetero) is 1. The van der Waals surface area contributed by atoms with Crippen molar-refractivity contribution in [1.82, 2.24) is 0 Å². The fourth-order valence-corrected chi connectivity index (χ4v) is 1.89. The van der Waals surface area contributed by atoms with Gasteiger partial charge in [0.25, 0.3) is 0 Å². The number of hydrogen-bond donors (Lipinski definition) is 2. The summed E-state index contributed by atoms with van der Waals surface area (Å²) in [6.45, 7) is 1.35. The van der Waals surface area contributed by atoms with E-state index in [-0.39, 0.29) is 16.9 Å². The van der Waals surface area contributed by atoms with Crippen molar-refractivity contribution in [2.24, 2.45) is 0 Å². The molecule has 0 spiro atoms. The number of aliphatic hydroxyl groups excluding tert-OH is 1. The summed E-state index contributed by atoms with van der Waals surface area (Å²) >= 11 is 3.13. The third kappa shape index (κ3) is 2.75. The van der Waals surface area contributed by atoms with E-state index in [1.165, 1.54) is 25.1 Å². The van der Waals surface area contributed by atoms with Crippen LogP contribution in [0.4, 0.5) is 0 Å². The van der Waals surface area contributed by atoms with E-state index in [4.69, 9.17) is 10.4 Å². The van der Waals surface area contributed by atoms with Gasteiger partial charge in [-0.3, -0.25) is 4.79 Å². The summed E-state index contributed by atoms with van der Waals surface area (Å²) in [7, 11) is 0. The molecule has 2 atom stereocenters. The van der Waals surface area contributed by atoms with Crippen LogP contribution in [0.3, 0.4) is 0 Å². The molecule has 0 radical (unpaired) electrons. The number of halogens is 1. The number of hydrogen-bond acceptors (Lipinski definition) is 4. The molecule has 0 aliphatic heterocycles. The average Bonchev–Trinajstić information content (AvgIpc) is 2.35. The monoisotopic (exact) mass is 311 g/mol. The van der Waals surface area contributed by atoms with E-state index in [0.717, 1.165) is 0 Å². The summed E-state index contributed by atoms with van der Waals surface area (Å²) in [5, 5.41) is 27.3. The van der Waals surface area contributed by atoms with Gasteiger partial charge >= 0.3 is 5.97 Å². The Morgan fingerprint density at radius 1 is 1.39 bits per heavy atom. The number of aliphatic carboxylic acids is 1. The Bertz CT molecular complexity index is 497. The normalized spacial score (nSPS) is 13.4. The number of ketones is 1. The Hall–Kier alpha value is -1.71. The maximum absolute atomic E-state index is 11.3. The van der Waals surface area contributed by atoms with Crippen LogP contribution in [0.25, 0.3) is 0 Å². The highest BCUT2D eigenvalue weighted by Crippen LogP contribution is 2.30. The standard InChI is InChI=1S/C12H10BrNO4/c1-6(15)10(13)7-3-2-4-8(9(7)5-14)11(16)12(17)18/h2-4,10-11,16H,1H3,(H,17,18). The van der Waals surface area contributed by atoms with E-state index in [1.54, 1.807) is 0 Å². The van der Waals surface area contributed by atoms with Crippen LogP contribution >= 0.6 is 15.9 Å². The first-order valence-corrected chi connectivity index (χ1v) is 5.90. The van der Waals surface area contributed by atoms with Crippen molar-refractivity contribution in [3.8, 4) is 6.07 Å². The molecule has 2 N–H and O–H groups in total. The first kappa shape index (κ1) is 14.4. The van der Waals surface area contributed by atoms with Crippen LogP contribution < -0.4 is 0 Å². The molecule has 0 saturated heterocycles. The first-order chi connectivity index (χ1) is 8.40. The Kier molecular flexibility index (Phi) is 4.59. The van der Waals surface area contributed by atoms with Crippen molar-refractivity contribution < 1.29 is 19.8 Å². The molecule has 5 nitrogen and oxygen atoms in total. The predicted molar refractivity (Wildman–Crippen MR) is 66.1 cm³/mol. The second-order valence-corrected chi connectivity index (χ2v) is 4.55. The zero-order valence-corrected chi connectivity index (χ0v) is 11.0. The van der Waals surface area contributed by atoms with E-state index in [1.807, 2.05) is 6.07 Å². The van der Waals surface area contributed by atoms with Crippen molar-refractivity contribution in [2.45, 2.75) is 17.9 Å². The second-order valence-electron chi connectivity index (χ2n) is 3.64. The van der Waals surface area contributed by atoms with Gasteiger partial charge in [-0.15, -0.1) is 0 Å². The van der Waals surface area contributed by atoms with Crippen molar-refractivity contribution in [1.29, 1.82) is 5.26 Å². The smallest absolute Gasteiger partial charge is 0.337 e. The minimum atomic E-state index is -1.79. The molecule has 1 aromatic carbocycles. The molecular weight excluding hydrogens is 302 g/mol. The quantitative estimate of drug-likeness (QED) is 0.825. The third-order valence-corrected chi connectivity index (χ3v) is 3.54. The summed E-state index contributed by atoms with van der Waals surface area (Å²) < 4.78 is 0. The Balaban J connectivity index is 3.41. The number of carbonyl (C=O) groups excluding carboxylic acids is 1. The highest BCUT2D eigenvalue weighted by atomic mass is 79.9. The highest BCUT2D eigenvalue weighted by Gasteiger charge is 2.24. The van der Waals surface area contributed by atoms with Crippen LogP contribution in [0.1, 0.15) is 34.5 Å². The molecule has 0 aromatic heterocycles. The largest absolute Gasteiger partial charge is 0.479 e. The van der Waals surface area contributed by atoms with Crippen molar-refractivity contribution in [2.75, 3.05) is 0 Å². The summed E-state index contributed by atoms with van der Waals surface area (Å²) in [6.07, 6.45) is -1.79. The third-order valence-electron chi connectivity index (χ3n) is 2.40. The SMILES string of the molecule is CC(=O)C(Br)c1cccc(C(O)C(=O)O)c1C#N. The summed E-state index contributed by atoms with van der Waals surface area (Å²) in [5.41, 5.74) is 0.334. The lowest BCUT2D eigenvalue weighted by atomic mass is 9.95. The Labute approximate surface area is 112 Å². The number of carbonyl (C=O) groups is 2. The molecule has 0 heterocycles. The fraction of sp³-hybridized carbons (Fsp3) is 0.250. The molecule has 18 heavy (non-hydrogen) atoms. The van der Waals surface area contributed by atoms with Crippen LogP contribution in [0.15, 0.2) is 18.2 Å². The van der Waals surface area contributed by atoms with Crippen LogP contribution in [0, 0.1) is 11.3 Å². The maximum atomic E-state index is 11.3. The van der Waals surface area contributed by atoms with E-state index < -0.39 is 16.9 Å². The van der Waals surface area contributed by atoms with Crippen LogP contribution in [0.2, 0.25) is 0 Å². The lowest BCUT2D eigenvalue weighted by molar-refractivity contribution is -0.147. The van der Waals surface area contributed by atoms with E-state index in [2.05, 4.69) is 15.9 Å². The number of nitriles is 1. The Morgan fingerprint density at radius 2 is 1.94 bits per heavy atom. The van der Waals surface area contributed by atoms with Gasteiger partial charge in [0.2, 0.25) is 0 Å². The molecule has 6 heteroatoms. The number of carboxylic acids is 1. The molecule has 1 rings (SSSR count). The van der Waals surface area contributed by atoms with Crippen molar-refractivity contribution in [3.63, 3.8) is 0 Å². The van der Waals surface area contributed by atoms with Gasteiger partial charge in [0.15, 0.2) is 6.10 Å². The minimum Gasteiger partial charge on any atom is -0.479 e. The van der Waals surface area contributed by atoms with E-state index in [0.29, 0.717) is 5.56 Å². The molecular formula is C12H10BrNO4. The molecule has 0 aliphatic rings. The minimum absolute atomic E-state index is 0.00414. The maximum Gasteiger partial charge on any atom is 0.337 e. The molecule has 0 aliphatic carbocycles. The van der Waals surface area contributed by atoms with E-state index in [9.17, 15) is 14.7 Å². The number of benzene rings is 1. The zero-order chi connectivity index (χ0) is 13.9. The number of rotatable bonds is 4. The molecule has 2 unspecified atom stereocenters. The van der Waals surface area contributed by atoms with E-state index >= 15 is 0 Å². The van der Waals surface area contributed by atoms with Crippen LogP contribution in [-0.4, -0.2) is 22.0 Å². The molecule has 1 aromatic rings. The van der Waals surface area contributed by atoms with Crippen LogP contribution in [0.5, 0.6) is 0 Å². The lowest BCUT2D eigenvalue weighted by Gasteiger charge is -2.14. The topological polar surface area (TPSA) is 98.4 Å². The molecule has 94 valence electrons. The van der Waals surface area contributed by atoms with Gasteiger partial charge in [-0.05, 0) is 12.5 Å². The van der Waals surface area contributed by atoms with Gasteiger partial charge < -0.3 is 10.2 Å². The van der Waals surface area contributed by atoms with Gasteiger partial charge in [0.05, 0.1) is 16.5 Å². The number of carboxylic acid groups (broad SMARTS) is 1. The zero-order valence-electron chi connectivity index (χ0n) is 9.42. The first-order valence-electron chi connectivity index (χ1n) is 4.98. The van der Waals surface area contributed by atoms with Gasteiger partial charge in [0, 0.05) is 5.56 Å². The highest BCUT2D eigenvalue weighted by molar-refractivity contribution is 9.09. The fourth-order valence-electron chi connectivity index (χ4n) is 1.51. The average molecular weight is 312 g/mol. The van der Waals surface area contributed by atoms with Crippen LogP contribution in [-0.2, 0) is 9.59 Å². The molecule has 0 saturated carbocycles. The summed E-state index contributed by atoms with van der Waals surface area (Å²) in [4.78, 5) is 21.3. The van der Waals surface area contributed by atoms with Crippen molar-refractivity contribution >= 4 is 27.7 Å². The van der Waals surface area contributed by atoms with Gasteiger partial charge in [0.1, 0.15) is 5.78 Å². The second kappa shape index (κ2) is 5.76. The summed E-state index contributed by atoms with van der Waals surface area (Å²) in [6, 6.07) is 6.21.